The van der Waals surface area contributed by atoms with E-state index in [-0.39, 0.29) is 18.9 Å². The third kappa shape index (κ3) is 1.45. The molecule has 0 atom stereocenters. The van der Waals surface area contributed by atoms with Gasteiger partial charge in [0.2, 0.25) is 0 Å². The molecule has 2 rings (SSSR count). The zero-order chi connectivity index (χ0) is 11.0. The van der Waals surface area contributed by atoms with Crippen LogP contribution in [-0.2, 0) is 20.3 Å². The number of aryl methyl sites for hydroxylation is 1. The minimum atomic E-state index is -0.205. The van der Waals surface area contributed by atoms with Crippen molar-refractivity contribution in [1.29, 1.82) is 0 Å². The van der Waals surface area contributed by atoms with Crippen LogP contribution in [0.4, 0.5) is 0 Å². The zero-order valence-electron chi connectivity index (χ0n) is 8.32. The van der Waals surface area contributed by atoms with Gasteiger partial charge in [0.05, 0.1) is 24.2 Å². The lowest BCUT2D eigenvalue weighted by Crippen LogP contribution is -2.11. The topological polar surface area (TPSA) is 78.2 Å². The molecule has 0 radical (unpaired) electrons. The van der Waals surface area contributed by atoms with E-state index in [4.69, 9.17) is 10.2 Å². The monoisotopic (exact) mass is 208 g/mol. The highest BCUT2D eigenvalue weighted by Gasteiger charge is 2.08. The molecule has 80 valence electrons. The van der Waals surface area contributed by atoms with Crippen molar-refractivity contribution in [2.24, 2.45) is 7.05 Å². The summed E-state index contributed by atoms with van der Waals surface area (Å²) in [4.78, 5) is 14.0. The summed E-state index contributed by atoms with van der Waals surface area (Å²) in [7, 11) is 1.65. The summed E-state index contributed by atoms with van der Waals surface area (Å²) in [5.74, 6) is 0. The van der Waals surface area contributed by atoms with E-state index in [9.17, 15) is 4.79 Å². The Morgan fingerprint density at radius 1 is 1.27 bits per heavy atom. The van der Waals surface area contributed by atoms with Crippen molar-refractivity contribution >= 4 is 11.0 Å². The fourth-order valence-corrected chi connectivity index (χ4v) is 1.66. The molecular formula is C10H12N2O3. The van der Waals surface area contributed by atoms with Gasteiger partial charge in [-0.25, -0.2) is 4.79 Å². The molecule has 5 nitrogen and oxygen atoms in total. The van der Waals surface area contributed by atoms with Gasteiger partial charge in [-0.15, -0.1) is 0 Å². The predicted molar refractivity (Wildman–Crippen MR) is 55.4 cm³/mol. The van der Waals surface area contributed by atoms with Crippen LogP contribution in [0.3, 0.4) is 0 Å². The highest BCUT2D eigenvalue weighted by atomic mass is 16.3. The van der Waals surface area contributed by atoms with Crippen LogP contribution in [0.5, 0.6) is 0 Å². The molecule has 0 aliphatic heterocycles. The Kier molecular flexibility index (Phi) is 2.34. The van der Waals surface area contributed by atoms with Crippen LogP contribution in [0.1, 0.15) is 11.1 Å². The summed E-state index contributed by atoms with van der Waals surface area (Å²) < 4.78 is 1.47. The number of benzene rings is 1. The molecule has 0 bridgehead atoms. The van der Waals surface area contributed by atoms with E-state index in [1.807, 2.05) is 0 Å². The first-order valence-corrected chi connectivity index (χ1v) is 4.59. The third-order valence-electron chi connectivity index (χ3n) is 2.57. The summed E-state index contributed by atoms with van der Waals surface area (Å²) in [6.07, 6.45) is 0. The SMILES string of the molecule is Cn1c(=O)[nH]c2cc(CO)c(CO)cc21. The van der Waals surface area contributed by atoms with Crippen LogP contribution in [0, 0.1) is 0 Å². The number of nitrogens with zero attached hydrogens (tertiary/aromatic N) is 1. The lowest BCUT2D eigenvalue weighted by molar-refractivity contribution is 0.260. The average Bonchev–Trinajstić information content (AvgIpc) is 2.53. The highest BCUT2D eigenvalue weighted by molar-refractivity contribution is 5.77. The second kappa shape index (κ2) is 3.52. The maximum atomic E-state index is 11.3. The fourth-order valence-electron chi connectivity index (χ4n) is 1.66. The molecule has 0 amide bonds. The first kappa shape index (κ1) is 9.95. The second-order valence-electron chi connectivity index (χ2n) is 3.44. The Bertz CT molecular complexity index is 554. The highest BCUT2D eigenvalue weighted by Crippen LogP contribution is 2.17. The maximum absolute atomic E-state index is 11.3. The quantitative estimate of drug-likeness (QED) is 0.642. The van der Waals surface area contributed by atoms with Crippen molar-refractivity contribution in [1.82, 2.24) is 9.55 Å². The van der Waals surface area contributed by atoms with Crippen LogP contribution in [0.15, 0.2) is 16.9 Å². The number of aliphatic hydroxyl groups excluding tert-OH is 2. The first-order chi connectivity index (χ1) is 7.17. The number of nitrogens with one attached hydrogen (secondary N) is 1. The summed E-state index contributed by atoms with van der Waals surface area (Å²) in [6.45, 7) is -0.298. The number of imidazole rings is 1. The van der Waals surface area contributed by atoms with E-state index >= 15 is 0 Å². The van der Waals surface area contributed by atoms with Gasteiger partial charge < -0.3 is 15.2 Å². The van der Waals surface area contributed by atoms with Crippen molar-refractivity contribution in [3.05, 3.63) is 33.7 Å². The second-order valence-corrected chi connectivity index (χ2v) is 3.44. The van der Waals surface area contributed by atoms with E-state index in [0.717, 1.165) is 5.52 Å². The smallest absolute Gasteiger partial charge is 0.326 e. The molecule has 1 aromatic carbocycles. The summed E-state index contributed by atoms with van der Waals surface area (Å²) in [6, 6.07) is 3.39. The summed E-state index contributed by atoms with van der Waals surface area (Å²) in [5, 5.41) is 18.2. The molecule has 3 N–H and O–H groups in total. The summed E-state index contributed by atoms with van der Waals surface area (Å²) in [5.41, 5.74) is 2.46. The van der Waals surface area contributed by atoms with Gasteiger partial charge in [0.15, 0.2) is 0 Å². The fraction of sp³-hybridized carbons (Fsp3) is 0.300. The van der Waals surface area contributed by atoms with E-state index in [0.29, 0.717) is 16.6 Å². The van der Waals surface area contributed by atoms with Crippen molar-refractivity contribution < 1.29 is 10.2 Å². The first-order valence-electron chi connectivity index (χ1n) is 4.59. The molecule has 5 heteroatoms. The van der Waals surface area contributed by atoms with Crippen LogP contribution in [-0.4, -0.2) is 19.8 Å². The Balaban J connectivity index is 2.81. The molecular weight excluding hydrogens is 196 g/mol. The van der Waals surface area contributed by atoms with E-state index in [1.54, 1.807) is 19.2 Å². The van der Waals surface area contributed by atoms with E-state index in [1.165, 1.54) is 4.57 Å². The number of hydrogen-bond acceptors (Lipinski definition) is 3. The number of hydrogen-bond donors (Lipinski definition) is 3. The van der Waals surface area contributed by atoms with E-state index < -0.39 is 0 Å². The molecule has 1 heterocycles. The van der Waals surface area contributed by atoms with Gasteiger partial charge >= 0.3 is 5.69 Å². The average molecular weight is 208 g/mol. The van der Waals surface area contributed by atoms with Gasteiger partial charge in [-0.3, -0.25) is 4.57 Å². The van der Waals surface area contributed by atoms with Crippen LogP contribution in [0.2, 0.25) is 0 Å². The van der Waals surface area contributed by atoms with Gasteiger partial charge in [0.25, 0.3) is 0 Å². The number of aromatic amines is 1. The number of rotatable bonds is 2. The largest absolute Gasteiger partial charge is 0.392 e. The van der Waals surface area contributed by atoms with Crippen molar-refractivity contribution in [2.75, 3.05) is 0 Å². The minimum Gasteiger partial charge on any atom is -0.392 e. The molecule has 0 aliphatic carbocycles. The number of aromatic nitrogens is 2. The minimum absolute atomic E-state index is 0.148. The molecule has 0 fully saturated rings. The molecule has 2 aromatic rings. The Labute approximate surface area is 85.6 Å². The molecule has 15 heavy (non-hydrogen) atoms. The Hall–Kier alpha value is -1.59. The summed E-state index contributed by atoms with van der Waals surface area (Å²) >= 11 is 0. The molecule has 0 spiro atoms. The Morgan fingerprint density at radius 2 is 1.87 bits per heavy atom. The molecule has 1 aromatic heterocycles. The van der Waals surface area contributed by atoms with Crippen LogP contribution in [0.25, 0.3) is 11.0 Å². The van der Waals surface area contributed by atoms with Crippen LogP contribution >= 0.6 is 0 Å². The number of aliphatic hydroxyl groups is 2. The maximum Gasteiger partial charge on any atom is 0.326 e. The predicted octanol–water partition coefficient (Wildman–Crippen LogP) is -0.149. The standard InChI is InChI=1S/C10H12N2O3/c1-12-9-3-7(5-14)6(4-13)2-8(9)11-10(12)15/h2-3,13-14H,4-5H2,1H3,(H,11,15). The van der Waals surface area contributed by atoms with Gasteiger partial charge in [0.1, 0.15) is 0 Å². The lowest BCUT2D eigenvalue weighted by atomic mass is 10.1. The molecule has 0 saturated carbocycles. The number of H-pyrrole nitrogens is 1. The van der Waals surface area contributed by atoms with Crippen molar-refractivity contribution in [3.63, 3.8) is 0 Å². The van der Waals surface area contributed by atoms with Gasteiger partial charge in [-0.2, -0.15) is 0 Å². The van der Waals surface area contributed by atoms with Gasteiger partial charge in [0, 0.05) is 7.05 Å². The number of fused-ring (bicyclic) bond motifs is 1. The van der Waals surface area contributed by atoms with Crippen LogP contribution < -0.4 is 5.69 Å². The Morgan fingerprint density at radius 3 is 2.47 bits per heavy atom. The van der Waals surface area contributed by atoms with Gasteiger partial charge in [-0.05, 0) is 23.3 Å². The van der Waals surface area contributed by atoms with Gasteiger partial charge in [-0.1, -0.05) is 0 Å². The molecule has 0 saturated heterocycles. The third-order valence-corrected chi connectivity index (χ3v) is 2.57. The zero-order valence-corrected chi connectivity index (χ0v) is 8.32. The van der Waals surface area contributed by atoms with E-state index in [2.05, 4.69) is 4.98 Å². The molecule has 0 aliphatic rings. The molecule has 0 unspecified atom stereocenters. The van der Waals surface area contributed by atoms with Crippen molar-refractivity contribution in [2.45, 2.75) is 13.2 Å². The lowest BCUT2D eigenvalue weighted by Gasteiger charge is -2.04. The van der Waals surface area contributed by atoms with Crippen molar-refractivity contribution in [3.8, 4) is 0 Å². The normalized spacial score (nSPS) is 11.1.